The van der Waals surface area contributed by atoms with E-state index in [1.165, 1.54) is 31.9 Å². The van der Waals surface area contributed by atoms with Crippen molar-refractivity contribution in [2.24, 2.45) is 0 Å². The van der Waals surface area contributed by atoms with Crippen LogP contribution in [-0.4, -0.2) is 8.32 Å². The first-order valence-electron chi connectivity index (χ1n) is 15.4. The van der Waals surface area contributed by atoms with Crippen LogP contribution in [0.3, 0.4) is 0 Å². The van der Waals surface area contributed by atoms with E-state index in [4.69, 9.17) is 4.43 Å². The Kier molecular flexibility index (Phi) is 8.66. The number of rotatable bonds is 9. The first kappa shape index (κ1) is 29.8. The molecule has 0 aromatic heterocycles. The van der Waals surface area contributed by atoms with E-state index in [0.29, 0.717) is 0 Å². The van der Waals surface area contributed by atoms with Crippen molar-refractivity contribution in [3.63, 3.8) is 0 Å². The van der Waals surface area contributed by atoms with E-state index < -0.39 is 15.6 Å². The first-order chi connectivity index (χ1) is 21.4. The third kappa shape index (κ3) is 5.68. The highest BCUT2D eigenvalue weighted by Crippen LogP contribution is 2.58. The summed E-state index contributed by atoms with van der Waals surface area (Å²) in [4.78, 5) is 0. The molecule has 3 heteroatoms. The van der Waals surface area contributed by atoms with E-state index in [2.05, 4.69) is 197 Å². The van der Waals surface area contributed by atoms with Crippen LogP contribution in [0.15, 0.2) is 176 Å². The van der Waals surface area contributed by atoms with Crippen LogP contribution in [0.2, 0.25) is 5.04 Å². The molecule has 0 radical (unpaired) electrons. The maximum atomic E-state index is 7.33. The van der Waals surface area contributed by atoms with Gasteiger partial charge in [-0.15, -0.1) is 0 Å². The van der Waals surface area contributed by atoms with E-state index in [1.807, 2.05) is 0 Å². The van der Waals surface area contributed by atoms with Crippen molar-refractivity contribution in [3.8, 4) is 5.75 Å². The lowest BCUT2D eigenvalue weighted by molar-refractivity contribution is 0.508. The Morgan fingerprint density at radius 3 is 1.14 bits per heavy atom. The van der Waals surface area contributed by atoms with E-state index in [0.717, 1.165) is 11.9 Å². The predicted molar refractivity (Wildman–Crippen MR) is 194 cm³/mol. The highest BCUT2D eigenvalue weighted by Gasteiger charge is 2.52. The summed E-state index contributed by atoms with van der Waals surface area (Å²) in [6, 6.07) is 64.0. The molecule has 6 aromatic rings. The fraction of sp³-hybridized carbons (Fsp3) is 0.122. The molecule has 44 heavy (non-hydrogen) atoms. The lowest BCUT2D eigenvalue weighted by Gasteiger charge is -2.43. The standard InChI is InChI=1S/C41H40OPSi/c1-41(2,3)44(39-25-15-7-16-26-39,40-27-17-8-18-28-40)42-35-31-29-34(30-32-35)33-43(36-19-9-4-10-20-36,37-21-11-5-12-22-37)38-23-13-6-14-24-38/h4-32H,33H2,1-3H3/q+1. The molecule has 6 aromatic carbocycles. The topological polar surface area (TPSA) is 9.23 Å². The summed E-state index contributed by atoms with van der Waals surface area (Å²) >= 11 is 0. The van der Waals surface area contributed by atoms with Crippen molar-refractivity contribution in [1.82, 2.24) is 0 Å². The molecule has 218 valence electrons. The molecule has 0 fully saturated rings. The number of hydrogen-bond donors (Lipinski definition) is 0. The Hall–Kier alpha value is -4.23. The van der Waals surface area contributed by atoms with Crippen LogP contribution in [0.1, 0.15) is 26.3 Å². The fourth-order valence-electron chi connectivity index (χ4n) is 6.53. The van der Waals surface area contributed by atoms with Gasteiger partial charge in [0.1, 0.15) is 28.9 Å². The average molecular weight is 608 g/mol. The average Bonchev–Trinajstić information content (AvgIpc) is 3.08. The van der Waals surface area contributed by atoms with Gasteiger partial charge < -0.3 is 4.43 Å². The SMILES string of the molecule is CC(C)(C)[Si](Oc1ccc(C[P+](c2ccccc2)(c2ccccc2)c2ccccc2)cc1)(c1ccccc1)c1ccccc1. The second kappa shape index (κ2) is 12.8. The summed E-state index contributed by atoms with van der Waals surface area (Å²) < 4.78 is 7.33. The zero-order valence-electron chi connectivity index (χ0n) is 25.8. The van der Waals surface area contributed by atoms with Gasteiger partial charge in [0.25, 0.3) is 0 Å². The molecular weight excluding hydrogens is 568 g/mol. The van der Waals surface area contributed by atoms with Gasteiger partial charge in [-0.2, -0.15) is 0 Å². The van der Waals surface area contributed by atoms with Gasteiger partial charge in [-0.25, -0.2) is 0 Å². The predicted octanol–water partition coefficient (Wildman–Crippen LogP) is 8.12. The van der Waals surface area contributed by atoms with Crippen LogP contribution in [0.5, 0.6) is 5.75 Å². The Balaban J connectivity index is 1.44. The van der Waals surface area contributed by atoms with Crippen LogP contribution in [-0.2, 0) is 6.16 Å². The molecule has 1 nitrogen and oxygen atoms in total. The molecule has 0 saturated heterocycles. The molecule has 0 saturated carbocycles. The third-order valence-electron chi connectivity index (χ3n) is 8.62. The minimum Gasteiger partial charge on any atom is -0.534 e. The van der Waals surface area contributed by atoms with Gasteiger partial charge in [-0.3, -0.25) is 0 Å². The molecular formula is C41H40OPSi+. The van der Waals surface area contributed by atoms with Crippen LogP contribution < -0.4 is 30.7 Å². The van der Waals surface area contributed by atoms with Crippen molar-refractivity contribution in [3.05, 3.63) is 181 Å². The molecule has 0 atom stereocenters. The number of hydrogen-bond acceptors (Lipinski definition) is 1. The monoisotopic (exact) mass is 607 g/mol. The summed E-state index contributed by atoms with van der Waals surface area (Å²) in [5, 5.41) is 6.65. The van der Waals surface area contributed by atoms with Gasteiger partial charge in [-0.05, 0) is 69.5 Å². The zero-order chi connectivity index (χ0) is 30.5. The molecule has 0 aliphatic heterocycles. The lowest BCUT2D eigenvalue weighted by atomic mass is 10.2. The van der Waals surface area contributed by atoms with Gasteiger partial charge in [0.05, 0.1) is 6.16 Å². The fourth-order valence-corrected chi connectivity index (χ4v) is 15.2. The number of benzene rings is 6. The van der Waals surface area contributed by atoms with E-state index in [-0.39, 0.29) is 5.04 Å². The molecule has 6 rings (SSSR count). The van der Waals surface area contributed by atoms with Crippen molar-refractivity contribution in [2.75, 3.05) is 0 Å². The maximum Gasteiger partial charge on any atom is 0.319 e. The molecule has 0 bridgehead atoms. The summed E-state index contributed by atoms with van der Waals surface area (Å²) in [6.07, 6.45) is 0.935. The highest BCUT2D eigenvalue weighted by molar-refractivity contribution is 7.95. The second-order valence-corrected chi connectivity index (χ2v) is 20.1. The van der Waals surface area contributed by atoms with Crippen LogP contribution in [0.25, 0.3) is 0 Å². The largest absolute Gasteiger partial charge is 0.534 e. The van der Waals surface area contributed by atoms with E-state index >= 15 is 0 Å². The molecule has 0 N–H and O–H groups in total. The Bertz CT molecular complexity index is 1610. The quantitative estimate of drug-likeness (QED) is 0.119. The van der Waals surface area contributed by atoms with Crippen molar-refractivity contribution >= 4 is 41.9 Å². The van der Waals surface area contributed by atoms with Gasteiger partial charge in [0, 0.05) is 0 Å². The molecule has 0 heterocycles. The summed E-state index contributed by atoms with van der Waals surface area (Å²) in [7, 11) is -4.69. The molecule has 0 amide bonds. The normalized spacial score (nSPS) is 12.1. The van der Waals surface area contributed by atoms with Gasteiger partial charge in [0.15, 0.2) is 0 Å². The summed E-state index contributed by atoms with van der Waals surface area (Å²) in [5.74, 6) is 0.922. The Morgan fingerprint density at radius 1 is 0.455 bits per heavy atom. The highest BCUT2D eigenvalue weighted by atomic mass is 31.2. The third-order valence-corrected chi connectivity index (χ3v) is 17.9. The van der Waals surface area contributed by atoms with Gasteiger partial charge in [0.2, 0.25) is 0 Å². The summed E-state index contributed by atoms with van der Waals surface area (Å²) in [6.45, 7) is 6.98. The van der Waals surface area contributed by atoms with E-state index in [9.17, 15) is 0 Å². The van der Waals surface area contributed by atoms with Crippen molar-refractivity contribution < 1.29 is 4.43 Å². The van der Waals surface area contributed by atoms with Crippen LogP contribution >= 0.6 is 7.26 Å². The Labute approximate surface area is 264 Å². The molecule has 0 aliphatic rings. The van der Waals surface area contributed by atoms with E-state index in [1.54, 1.807) is 0 Å². The summed E-state index contributed by atoms with van der Waals surface area (Å²) in [5.41, 5.74) is 1.31. The first-order valence-corrected chi connectivity index (χ1v) is 19.3. The minimum absolute atomic E-state index is 0.0943. The molecule has 0 unspecified atom stereocenters. The van der Waals surface area contributed by atoms with Crippen LogP contribution in [0, 0.1) is 0 Å². The second-order valence-electron chi connectivity index (χ2n) is 12.4. The molecule has 0 aliphatic carbocycles. The maximum absolute atomic E-state index is 7.33. The minimum atomic E-state index is -2.71. The molecule has 0 spiro atoms. The van der Waals surface area contributed by atoms with Crippen LogP contribution in [0.4, 0.5) is 0 Å². The Morgan fingerprint density at radius 2 is 0.795 bits per heavy atom. The van der Waals surface area contributed by atoms with Gasteiger partial charge >= 0.3 is 8.32 Å². The smallest absolute Gasteiger partial charge is 0.319 e. The lowest BCUT2D eigenvalue weighted by Crippen LogP contribution is -2.68. The van der Waals surface area contributed by atoms with Crippen molar-refractivity contribution in [1.29, 1.82) is 0 Å². The van der Waals surface area contributed by atoms with Crippen molar-refractivity contribution in [2.45, 2.75) is 32.0 Å². The van der Waals surface area contributed by atoms with Gasteiger partial charge in [-0.1, -0.05) is 148 Å². The zero-order valence-corrected chi connectivity index (χ0v) is 27.7.